The van der Waals surface area contributed by atoms with E-state index < -0.39 is 0 Å². The van der Waals surface area contributed by atoms with Crippen molar-refractivity contribution >= 4 is 27.9 Å². The first-order valence-electron chi connectivity index (χ1n) is 9.52. The standard InChI is InChI=1S/C22H22N4O/c1-2-6-16(7-3-1)14-26-12-10-17(11-13-26)25-22-21-20(23-15-24-22)18-8-4-5-9-19(18)27-21/h1-9,15,17H,10-14H2,(H,23,24,25). The van der Waals surface area contributed by atoms with Crippen LogP contribution >= 0.6 is 0 Å². The monoisotopic (exact) mass is 358 g/mol. The molecule has 2 aromatic heterocycles. The first-order valence-corrected chi connectivity index (χ1v) is 9.52. The summed E-state index contributed by atoms with van der Waals surface area (Å²) < 4.78 is 6.03. The summed E-state index contributed by atoms with van der Waals surface area (Å²) in [4.78, 5) is 11.4. The Labute approximate surface area is 158 Å². The molecule has 0 aliphatic carbocycles. The summed E-state index contributed by atoms with van der Waals surface area (Å²) in [7, 11) is 0. The summed E-state index contributed by atoms with van der Waals surface area (Å²) in [6.07, 6.45) is 3.81. The van der Waals surface area contributed by atoms with Gasteiger partial charge in [-0.3, -0.25) is 4.90 Å². The Morgan fingerprint density at radius 1 is 0.963 bits per heavy atom. The minimum absolute atomic E-state index is 0.406. The van der Waals surface area contributed by atoms with E-state index >= 15 is 0 Å². The minimum Gasteiger partial charge on any atom is -0.450 e. The lowest BCUT2D eigenvalue weighted by Gasteiger charge is -2.32. The Bertz CT molecular complexity index is 1050. The Morgan fingerprint density at radius 2 is 1.74 bits per heavy atom. The number of hydrogen-bond acceptors (Lipinski definition) is 5. The maximum atomic E-state index is 6.03. The number of nitrogens with one attached hydrogen (secondary N) is 1. The van der Waals surface area contributed by atoms with Crippen LogP contribution in [0.15, 0.2) is 65.3 Å². The summed E-state index contributed by atoms with van der Waals surface area (Å²) in [6, 6.07) is 19.1. The fourth-order valence-corrected chi connectivity index (χ4v) is 3.90. The van der Waals surface area contributed by atoms with Gasteiger partial charge in [-0.2, -0.15) is 0 Å². The van der Waals surface area contributed by atoms with Crippen molar-refractivity contribution in [2.75, 3.05) is 18.4 Å². The zero-order chi connectivity index (χ0) is 18.1. The highest BCUT2D eigenvalue weighted by Crippen LogP contribution is 2.31. The van der Waals surface area contributed by atoms with Crippen molar-refractivity contribution in [3.8, 4) is 0 Å². The molecule has 0 bridgehead atoms. The molecular formula is C22H22N4O. The molecule has 1 N–H and O–H groups in total. The van der Waals surface area contributed by atoms with E-state index in [4.69, 9.17) is 4.42 Å². The molecule has 136 valence electrons. The van der Waals surface area contributed by atoms with Crippen LogP contribution in [0.25, 0.3) is 22.1 Å². The number of furan rings is 1. The lowest BCUT2D eigenvalue weighted by Crippen LogP contribution is -2.38. The van der Waals surface area contributed by atoms with Crippen molar-refractivity contribution in [3.05, 3.63) is 66.5 Å². The van der Waals surface area contributed by atoms with Crippen LogP contribution in [0.1, 0.15) is 18.4 Å². The number of rotatable bonds is 4. The number of piperidine rings is 1. The maximum Gasteiger partial charge on any atom is 0.196 e. The second kappa shape index (κ2) is 7.00. The third-order valence-corrected chi connectivity index (χ3v) is 5.34. The lowest BCUT2D eigenvalue weighted by atomic mass is 10.0. The maximum absolute atomic E-state index is 6.03. The van der Waals surface area contributed by atoms with Crippen LogP contribution in [0.4, 0.5) is 5.82 Å². The highest BCUT2D eigenvalue weighted by atomic mass is 16.3. The minimum atomic E-state index is 0.406. The summed E-state index contributed by atoms with van der Waals surface area (Å²) >= 11 is 0. The summed E-state index contributed by atoms with van der Waals surface area (Å²) in [6.45, 7) is 3.19. The molecule has 0 amide bonds. The molecule has 2 aromatic carbocycles. The molecule has 5 heteroatoms. The van der Waals surface area contributed by atoms with Crippen molar-refractivity contribution < 1.29 is 4.42 Å². The third kappa shape index (κ3) is 3.26. The van der Waals surface area contributed by atoms with E-state index in [9.17, 15) is 0 Å². The second-order valence-electron chi connectivity index (χ2n) is 7.18. The van der Waals surface area contributed by atoms with Gasteiger partial charge in [0, 0.05) is 31.1 Å². The van der Waals surface area contributed by atoms with E-state index in [0.717, 1.165) is 60.4 Å². The Balaban J connectivity index is 1.29. The first-order chi connectivity index (χ1) is 13.4. The van der Waals surface area contributed by atoms with Gasteiger partial charge in [-0.05, 0) is 30.5 Å². The average molecular weight is 358 g/mol. The van der Waals surface area contributed by atoms with Gasteiger partial charge in [0.2, 0.25) is 0 Å². The van der Waals surface area contributed by atoms with Gasteiger partial charge < -0.3 is 9.73 Å². The molecule has 1 aliphatic rings. The van der Waals surface area contributed by atoms with Gasteiger partial charge >= 0.3 is 0 Å². The van der Waals surface area contributed by atoms with E-state index in [1.807, 2.05) is 24.3 Å². The molecule has 0 atom stereocenters. The number of nitrogens with zero attached hydrogens (tertiary/aromatic N) is 3. The number of anilines is 1. The van der Waals surface area contributed by atoms with Crippen molar-refractivity contribution in [3.63, 3.8) is 0 Å². The SMILES string of the molecule is c1ccc(CN2CCC(Nc3ncnc4c3oc3ccccc34)CC2)cc1. The van der Waals surface area contributed by atoms with E-state index in [1.54, 1.807) is 6.33 Å². The highest BCUT2D eigenvalue weighted by Gasteiger charge is 2.21. The van der Waals surface area contributed by atoms with Crippen LogP contribution in [0, 0.1) is 0 Å². The van der Waals surface area contributed by atoms with Crippen molar-refractivity contribution in [2.45, 2.75) is 25.4 Å². The molecule has 27 heavy (non-hydrogen) atoms. The quantitative estimate of drug-likeness (QED) is 0.584. The van der Waals surface area contributed by atoms with Crippen LogP contribution < -0.4 is 5.32 Å². The van der Waals surface area contributed by atoms with Gasteiger partial charge in [0.15, 0.2) is 11.4 Å². The van der Waals surface area contributed by atoms with Crippen molar-refractivity contribution in [1.29, 1.82) is 0 Å². The van der Waals surface area contributed by atoms with E-state index in [-0.39, 0.29) is 0 Å². The van der Waals surface area contributed by atoms with Crippen molar-refractivity contribution in [1.82, 2.24) is 14.9 Å². The molecule has 0 spiro atoms. The number of fused-ring (bicyclic) bond motifs is 3. The zero-order valence-electron chi connectivity index (χ0n) is 15.1. The predicted octanol–water partition coefficient (Wildman–Crippen LogP) is 4.45. The van der Waals surface area contributed by atoms with Gasteiger partial charge in [0.25, 0.3) is 0 Å². The van der Waals surface area contributed by atoms with Gasteiger partial charge in [-0.15, -0.1) is 0 Å². The largest absolute Gasteiger partial charge is 0.450 e. The number of aromatic nitrogens is 2. The predicted molar refractivity (Wildman–Crippen MR) is 108 cm³/mol. The molecular weight excluding hydrogens is 336 g/mol. The molecule has 3 heterocycles. The van der Waals surface area contributed by atoms with Crippen LogP contribution in [0.5, 0.6) is 0 Å². The average Bonchev–Trinajstić information content (AvgIpc) is 3.10. The second-order valence-corrected chi connectivity index (χ2v) is 7.18. The van der Waals surface area contributed by atoms with E-state index in [1.165, 1.54) is 5.56 Å². The molecule has 0 radical (unpaired) electrons. The van der Waals surface area contributed by atoms with Crippen molar-refractivity contribution in [2.24, 2.45) is 0 Å². The zero-order valence-corrected chi connectivity index (χ0v) is 15.1. The van der Waals surface area contributed by atoms with Crippen LogP contribution in [0.2, 0.25) is 0 Å². The fourth-order valence-electron chi connectivity index (χ4n) is 3.90. The van der Waals surface area contributed by atoms with Gasteiger partial charge in [-0.1, -0.05) is 42.5 Å². The van der Waals surface area contributed by atoms with Crippen LogP contribution in [-0.4, -0.2) is 34.0 Å². The topological polar surface area (TPSA) is 54.2 Å². The normalized spacial score (nSPS) is 16.1. The molecule has 4 aromatic rings. The highest BCUT2D eigenvalue weighted by molar-refractivity contribution is 6.05. The third-order valence-electron chi connectivity index (χ3n) is 5.34. The Kier molecular flexibility index (Phi) is 4.22. The number of hydrogen-bond donors (Lipinski definition) is 1. The van der Waals surface area contributed by atoms with Gasteiger partial charge in [0.1, 0.15) is 17.4 Å². The van der Waals surface area contributed by atoms with E-state index in [0.29, 0.717) is 6.04 Å². The Hall–Kier alpha value is -2.92. The number of benzene rings is 2. The molecule has 0 unspecified atom stereocenters. The number of likely N-dealkylation sites (tertiary alicyclic amines) is 1. The Morgan fingerprint density at radius 3 is 2.59 bits per heavy atom. The molecule has 5 nitrogen and oxygen atoms in total. The smallest absolute Gasteiger partial charge is 0.196 e. The summed E-state index contributed by atoms with van der Waals surface area (Å²) in [5.74, 6) is 0.803. The van der Waals surface area contributed by atoms with E-state index in [2.05, 4.69) is 50.5 Å². The first kappa shape index (κ1) is 16.3. The number of para-hydroxylation sites is 1. The summed E-state index contributed by atoms with van der Waals surface area (Å²) in [5, 5.41) is 4.64. The van der Waals surface area contributed by atoms with Crippen LogP contribution in [-0.2, 0) is 6.54 Å². The van der Waals surface area contributed by atoms with Crippen LogP contribution in [0.3, 0.4) is 0 Å². The molecule has 1 aliphatic heterocycles. The molecule has 1 saturated heterocycles. The molecule has 0 saturated carbocycles. The fraction of sp³-hybridized carbons (Fsp3) is 0.273. The molecule has 1 fully saturated rings. The van der Waals surface area contributed by atoms with Gasteiger partial charge in [0.05, 0.1) is 0 Å². The lowest BCUT2D eigenvalue weighted by molar-refractivity contribution is 0.211. The van der Waals surface area contributed by atoms with Gasteiger partial charge in [-0.25, -0.2) is 9.97 Å². The molecule has 5 rings (SSSR count). The summed E-state index contributed by atoms with van der Waals surface area (Å²) in [5.41, 5.74) is 3.87.